The fourth-order valence-electron chi connectivity index (χ4n) is 4.65. The minimum atomic E-state index is -3.95. The first-order chi connectivity index (χ1) is 19.1. The SMILES string of the molecule is Cc1ccc(-n2c(C)cc(/C=N/NC(=O)CN(CCc3ccccc3)S(=O)(=O)c3ccc(Cl)cc3)c2C)c(C)c1. The molecule has 0 fully saturated rings. The molecule has 0 saturated carbocycles. The average molecular weight is 577 g/mol. The summed E-state index contributed by atoms with van der Waals surface area (Å²) in [6.07, 6.45) is 2.04. The number of carbonyl (C=O) groups excluding carboxylic acids is 1. The topological polar surface area (TPSA) is 83.8 Å². The van der Waals surface area contributed by atoms with Gasteiger partial charge < -0.3 is 4.57 Å². The standard InChI is InChI=1S/C31H33ClN4O3S/c1-22-10-15-30(23(2)18-22)36-24(3)19-27(25(36)4)20-33-34-31(37)21-35(17-16-26-8-6-5-7-9-26)40(38,39)29-13-11-28(32)12-14-29/h5-15,18-20H,16-17,21H2,1-4H3,(H,34,37)/b33-20+. The molecule has 4 rings (SSSR count). The van der Waals surface area contributed by atoms with Crippen LogP contribution in [0.1, 0.15) is 33.6 Å². The van der Waals surface area contributed by atoms with Crippen molar-refractivity contribution in [1.29, 1.82) is 0 Å². The number of amides is 1. The summed E-state index contributed by atoms with van der Waals surface area (Å²) in [4.78, 5) is 13.0. The van der Waals surface area contributed by atoms with Gasteiger partial charge in [0.2, 0.25) is 10.0 Å². The number of nitrogens with zero attached hydrogens (tertiary/aromatic N) is 3. The lowest BCUT2D eigenvalue weighted by Crippen LogP contribution is -2.40. The number of nitrogens with one attached hydrogen (secondary N) is 1. The van der Waals surface area contributed by atoms with Crippen molar-refractivity contribution in [2.45, 2.75) is 39.0 Å². The number of aryl methyl sites for hydroxylation is 3. The molecule has 0 aliphatic heterocycles. The van der Waals surface area contributed by atoms with Gasteiger partial charge in [0.15, 0.2) is 0 Å². The van der Waals surface area contributed by atoms with Crippen LogP contribution in [-0.2, 0) is 21.2 Å². The molecule has 0 bridgehead atoms. The van der Waals surface area contributed by atoms with Crippen LogP contribution in [0.4, 0.5) is 0 Å². The quantitative estimate of drug-likeness (QED) is 0.193. The normalized spacial score (nSPS) is 11.8. The number of carbonyl (C=O) groups is 1. The van der Waals surface area contributed by atoms with Crippen LogP contribution in [0.2, 0.25) is 5.02 Å². The summed E-state index contributed by atoms with van der Waals surface area (Å²) in [7, 11) is -3.95. The summed E-state index contributed by atoms with van der Waals surface area (Å²) in [5.41, 5.74) is 9.80. The first-order valence-electron chi connectivity index (χ1n) is 12.9. The van der Waals surface area contributed by atoms with Crippen LogP contribution in [0.25, 0.3) is 5.69 Å². The van der Waals surface area contributed by atoms with Crippen molar-refractivity contribution in [2.24, 2.45) is 5.10 Å². The average Bonchev–Trinajstić information content (AvgIpc) is 3.20. The van der Waals surface area contributed by atoms with Gasteiger partial charge in [0.1, 0.15) is 0 Å². The Morgan fingerprint density at radius 2 is 1.68 bits per heavy atom. The Bertz CT molecular complexity index is 1630. The molecule has 3 aromatic carbocycles. The molecule has 0 aliphatic carbocycles. The van der Waals surface area contributed by atoms with E-state index in [4.69, 9.17) is 11.6 Å². The van der Waals surface area contributed by atoms with E-state index < -0.39 is 15.9 Å². The van der Waals surface area contributed by atoms with Crippen molar-refractivity contribution >= 4 is 33.7 Å². The van der Waals surface area contributed by atoms with Crippen LogP contribution in [-0.4, -0.2) is 42.5 Å². The molecule has 1 N–H and O–H groups in total. The highest BCUT2D eigenvalue weighted by Crippen LogP contribution is 2.23. The summed E-state index contributed by atoms with van der Waals surface area (Å²) in [5.74, 6) is -0.537. The lowest BCUT2D eigenvalue weighted by molar-refractivity contribution is -0.121. The van der Waals surface area contributed by atoms with Gasteiger partial charge in [0.25, 0.3) is 5.91 Å². The maximum atomic E-state index is 13.4. The number of hydrazone groups is 1. The molecular weight excluding hydrogens is 544 g/mol. The van der Waals surface area contributed by atoms with E-state index in [0.29, 0.717) is 11.4 Å². The summed E-state index contributed by atoms with van der Waals surface area (Å²) in [5, 5.41) is 4.58. The minimum absolute atomic E-state index is 0.0695. The lowest BCUT2D eigenvalue weighted by atomic mass is 10.1. The van der Waals surface area contributed by atoms with E-state index in [1.807, 2.05) is 50.2 Å². The molecule has 208 valence electrons. The van der Waals surface area contributed by atoms with Crippen LogP contribution in [0.5, 0.6) is 0 Å². The number of sulfonamides is 1. The summed E-state index contributed by atoms with van der Waals surface area (Å²) >= 11 is 5.96. The maximum absolute atomic E-state index is 13.4. The Hall–Kier alpha value is -3.72. The first kappa shape index (κ1) is 29.3. The molecule has 40 heavy (non-hydrogen) atoms. The van der Waals surface area contributed by atoms with Gasteiger partial charge in [-0.1, -0.05) is 59.6 Å². The van der Waals surface area contributed by atoms with Crippen molar-refractivity contribution in [3.05, 3.63) is 118 Å². The zero-order chi connectivity index (χ0) is 28.9. The molecule has 7 nitrogen and oxygen atoms in total. The molecule has 0 unspecified atom stereocenters. The summed E-state index contributed by atoms with van der Waals surface area (Å²) in [6.45, 7) is 7.92. The molecule has 0 saturated heterocycles. The summed E-state index contributed by atoms with van der Waals surface area (Å²) in [6, 6.07) is 23.8. The van der Waals surface area contributed by atoms with E-state index in [9.17, 15) is 13.2 Å². The van der Waals surface area contributed by atoms with E-state index in [0.717, 1.165) is 33.8 Å². The zero-order valence-corrected chi connectivity index (χ0v) is 24.6. The smallest absolute Gasteiger partial charge is 0.255 e. The van der Waals surface area contributed by atoms with E-state index in [1.165, 1.54) is 34.1 Å². The monoisotopic (exact) mass is 576 g/mol. The molecule has 1 heterocycles. The molecule has 0 spiro atoms. The van der Waals surface area contributed by atoms with Crippen LogP contribution in [0.3, 0.4) is 0 Å². The Labute approximate surface area is 241 Å². The Morgan fingerprint density at radius 3 is 2.35 bits per heavy atom. The molecule has 0 atom stereocenters. The molecule has 9 heteroatoms. The third-order valence-corrected chi connectivity index (χ3v) is 8.83. The molecule has 0 radical (unpaired) electrons. The fraction of sp³-hybridized carbons (Fsp3) is 0.226. The van der Waals surface area contributed by atoms with E-state index in [2.05, 4.69) is 47.1 Å². The van der Waals surface area contributed by atoms with E-state index >= 15 is 0 Å². The van der Waals surface area contributed by atoms with Gasteiger partial charge in [-0.2, -0.15) is 9.41 Å². The molecular formula is C31H33ClN4O3S. The van der Waals surface area contributed by atoms with Gasteiger partial charge in [-0.15, -0.1) is 0 Å². The second-order valence-corrected chi connectivity index (χ2v) is 12.1. The van der Waals surface area contributed by atoms with Gasteiger partial charge in [0.05, 0.1) is 17.7 Å². The predicted molar refractivity (Wildman–Crippen MR) is 161 cm³/mol. The third-order valence-electron chi connectivity index (χ3n) is 6.72. The minimum Gasteiger partial charge on any atom is -0.318 e. The number of hydrogen-bond acceptors (Lipinski definition) is 4. The van der Waals surface area contributed by atoms with Crippen molar-refractivity contribution in [1.82, 2.24) is 14.3 Å². The number of aromatic nitrogens is 1. The predicted octanol–water partition coefficient (Wildman–Crippen LogP) is 5.75. The molecule has 1 amide bonds. The van der Waals surface area contributed by atoms with E-state index in [-0.39, 0.29) is 18.0 Å². The van der Waals surface area contributed by atoms with Crippen molar-refractivity contribution in [3.63, 3.8) is 0 Å². The van der Waals surface area contributed by atoms with Gasteiger partial charge in [-0.05, 0) is 81.6 Å². The van der Waals surface area contributed by atoms with Crippen LogP contribution >= 0.6 is 11.6 Å². The van der Waals surface area contributed by atoms with Gasteiger partial charge in [-0.25, -0.2) is 13.8 Å². The van der Waals surface area contributed by atoms with Crippen molar-refractivity contribution in [2.75, 3.05) is 13.1 Å². The third kappa shape index (κ3) is 6.88. The van der Waals surface area contributed by atoms with Crippen molar-refractivity contribution < 1.29 is 13.2 Å². The van der Waals surface area contributed by atoms with Crippen LogP contribution in [0, 0.1) is 27.7 Å². The highest BCUT2D eigenvalue weighted by Gasteiger charge is 2.26. The first-order valence-corrected chi connectivity index (χ1v) is 14.8. The molecule has 1 aromatic heterocycles. The number of rotatable bonds is 10. The summed E-state index contributed by atoms with van der Waals surface area (Å²) < 4.78 is 30.2. The Balaban J connectivity index is 1.50. The molecule has 0 aliphatic rings. The number of halogens is 1. The molecule has 4 aromatic rings. The zero-order valence-electron chi connectivity index (χ0n) is 23.1. The lowest BCUT2D eigenvalue weighted by Gasteiger charge is -2.21. The number of hydrogen-bond donors (Lipinski definition) is 1. The van der Waals surface area contributed by atoms with Gasteiger partial charge in [-0.3, -0.25) is 4.79 Å². The van der Waals surface area contributed by atoms with Gasteiger partial charge in [0, 0.05) is 34.2 Å². The Morgan fingerprint density at radius 1 is 0.975 bits per heavy atom. The van der Waals surface area contributed by atoms with Crippen LogP contribution < -0.4 is 5.43 Å². The van der Waals surface area contributed by atoms with Crippen LogP contribution in [0.15, 0.2) is 88.9 Å². The highest BCUT2D eigenvalue weighted by atomic mass is 35.5. The second-order valence-electron chi connectivity index (χ2n) is 9.77. The highest BCUT2D eigenvalue weighted by molar-refractivity contribution is 7.89. The second kappa shape index (κ2) is 12.6. The van der Waals surface area contributed by atoms with E-state index in [1.54, 1.807) is 6.21 Å². The number of benzene rings is 3. The Kier molecular flexibility index (Phi) is 9.25. The largest absolute Gasteiger partial charge is 0.318 e. The maximum Gasteiger partial charge on any atom is 0.255 e. The fourth-order valence-corrected chi connectivity index (χ4v) is 6.18. The van der Waals surface area contributed by atoms with Gasteiger partial charge >= 0.3 is 0 Å². The van der Waals surface area contributed by atoms with Crippen molar-refractivity contribution in [3.8, 4) is 5.69 Å².